The number of nitrogens with one attached hydrogen (secondary N) is 1. The third-order valence-corrected chi connectivity index (χ3v) is 6.66. The van der Waals surface area contributed by atoms with Crippen LogP contribution in [-0.2, 0) is 16.1 Å². The van der Waals surface area contributed by atoms with Gasteiger partial charge in [-0.15, -0.1) is 0 Å². The summed E-state index contributed by atoms with van der Waals surface area (Å²) in [5, 5.41) is 3.12. The number of benzene rings is 2. The molecule has 2 aromatic rings. The zero-order chi connectivity index (χ0) is 23.1. The Morgan fingerprint density at radius 1 is 1.09 bits per heavy atom. The van der Waals surface area contributed by atoms with E-state index in [-0.39, 0.29) is 24.5 Å². The molecular formula is C26H33BrN2O3. The number of halogens is 1. The molecule has 1 atom stereocenters. The highest BCUT2D eigenvalue weighted by atomic mass is 79.9. The van der Waals surface area contributed by atoms with Gasteiger partial charge < -0.3 is 15.0 Å². The molecule has 1 aliphatic rings. The summed E-state index contributed by atoms with van der Waals surface area (Å²) in [5.41, 5.74) is 2.17. The molecule has 0 heterocycles. The second-order valence-corrected chi connectivity index (χ2v) is 9.66. The first kappa shape index (κ1) is 24.3. The first-order chi connectivity index (χ1) is 15.3. The number of rotatable bonds is 9. The molecular weight excluding hydrogens is 468 g/mol. The molecule has 0 saturated heterocycles. The molecule has 0 radical (unpaired) electrons. The second kappa shape index (κ2) is 11.5. The Kier molecular flexibility index (Phi) is 8.74. The van der Waals surface area contributed by atoms with Crippen molar-refractivity contribution in [1.29, 1.82) is 0 Å². The van der Waals surface area contributed by atoms with Crippen molar-refractivity contribution in [1.82, 2.24) is 10.2 Å². The van der Waals surface area contributed by atoms with Crippen molar-refractivity contribution in [3.8, 4) is 5.75 Å². The highest BCUT2D eigenvalue weighted by Crippen LogP contribution is 2.29. The third kappa shape index (κ3) is 6.58. The molecule has 0 aromatic heterocycles. The van der Waals surface area contributed by atoms with E-state index in [1.54, 1.807) is 11.8 Å². The number of hydrogen-bond donors (Lipinski definition) is 1. The number of carbonyl (C=O) groups excluding carboxylic acids is 2. The summed E-state index contributed by atoms with van der Waals surface area (Å²) in [6.45, 7) is 6.28. The highest BCUT2D eigenvalue weighted by molar-refractivity contribution is 9.10. The van der Waals surface area contributed by atoms with E-state index in [9.17, 15) is 9.59 Å². The first-order valence-electron chi connectivity index (χ1n) is 11.4. The molecule has 6 heteroatoms. The van der Waals surface area contributed by atoms with E-state index in [1.807, 2.05) is 48.5 Å². The van der Waals surface area contributed by atoms with Gasteiger partial charge in [-0.3, -0.25) is 9.59 Å². The van der Waals surface area contributed by atoms with Gasteiger partial charge in [0.05, 0.1) is 4.47 Å². The van der Waals surface area contributed by atoms with E-state index in [4.69, 9.17) is 4.74 Å². The summed E-state index contributed by atoms with van der Waals surface area (Å²) < 4.78 is 6.66. The molecule has 1 N–H and O–H groups in total. The van der Waals surface area contributed by atoms with E-state index in [1.165, 1.54) is 5.56 Å². The Labute approximate surface area is 199 Å². The Morgan fingerprint density at radius 3 is 2.41 bits per heavy atom. The summed E-state index contributed by atoms with van der Waals surface area (Å²) in [6, 6.07) is 15.3. The summed E-state index contributed by atoms with van der Waals surface area (Å²) in [6.07, 6.45) is 4.30. The van der Waals surface area contributed by atoms with Crippen molar-refractivity contribution >= 4 is 27.7 Å². The average Bonchev–Trinajstić information content (AvgIpc) is 3.29. The topological polar surface area (TPSA) is 58.6 Å². The smallest absolute Gasteiger partial charge is 0.261 e. The maximum Gasteiger partial charge on any atom is 0.261 e. The second-order valence-electron chi connectivity index (χ2n) is 8.81. The largest absolute Gasteiger partial charge is 0.483 e. The molecule has 1 fully saturated rings. The van der Waals surface area contributed by atoms with E-state index >= 15 is 0 Å². The Bertz CT molecular complexity index is 911. The number of carbonyl (C=O) groups is 2. The zero-order valence-electron chi connectivity index (χ0n) is 19.1. The third-order valence-electron chi connectivity index (χ3n) is 6.04. The van der Waals surface area contributed by atoms with Crippen molar-refractivity contribution in [2.24, 2.45) is 0 Å². The molecule has 5 nitrogen and oxygen atoms in total. The minimum atomic E-state index is -0.585. The van der Waals surface area contributed by atoms with E-state index in [2.05, 4.69) is 35.1 Å². The van der Waals surface area contributed by atoms with Crippen LogP contribution in [0.15, 0.2) is 53.0 Å². The normalized spacial score (nSPS) is 14.9. The van der Waals surface area contributed by atoms with Gasteiger partial charge in [-0.05, 0) is 64.9 Å². The molecule has 0 aliphatic heterocycles. The fraction of sp³-hybridized carbons (Fsp3) is 0.462. The molecule has 2 amide bonds. The molecule has 1 aliphatic carbocycles. The van der Waals surface area contributed by atoms with Crippen molar-refractivity contribution in [3.63, 3.8) is 0 Å². The van der Waals surface area contributed by atoms with Gasteiger partial charge in [0.15, 0.2) is 6.61 Å². The predicted octanol–water partition coefficient (Wildman–Crippen LogP) is 5.43. The molecule has 1 unspecified atom stereocenters. The molecule has 3 rings (SSSR count). The van der Waals surface area contributed by atoms with Gasteiger partial charge in [0.1, 0.15) is 11.8 Å². The van der Waals surface area contributed by atoms with Crippen molar-refractivity contribution < 1.29 is 14.3 Å². The summed E-state index contributed by atoms with van der Waals surface area (Å²) >= 11 is 3.54. The van der Waals surface area contributed by atoms with E-state index in [0.29, 0.717) is 18.2 Å². The van der Waals surface area contributed by atoms with Crippen LogP contribution in [0.2, 0.25) is 0 Å². The van der Waals surface area contributed by atoms with E-state index < -0.39 is 6.04 Å². The number of amides is 2. The van der Waals surface area contributed by atoms with E-state index in [0.717, 1.165) is 35.7 Å². The molecule has 1 saturated carbocycles. The lowest BCUT2D eigenvalue weighted by Crippen LogP contribution is -2.50. The summed E-state index contributed by atoms with van der Waals surface area (Å²) in [4.78, 5) is 27.7. The molecule has 172 valence electrons. The zero-order valence-corrected chi connectivity index (χ0v) is 20.7. The lowest BCUT2D eigenvalue weighted by molar-refractivity contribution is -0.142. The van der Waals surface area contributed by atoms with Crippen LogP contribution in [0.4, 0.5) is 0 Å². The Morgan fingerprint density at radius 2 is 1.78 bits per heavy atom. The average molecular weight is 501 g/mol. The highest BCUT2D eigenvalue weighted by Gasteiger charge is 2.28. The van der Waals surface area contributed by atoms with Crippen LogP contribution in [-0.4, -0.2) is 35.4 Å². The summed E-state index contributed by atoms with van der Waals surface area (Å²) in [7, 11) is 0. The van der Waals surface area contributed by atoms with Gasteiger partial charge in [0.25, 0.3) is 5.91 Å². The van der Waals surface area contributed by atoms with Crippen LogP contribution in [0, 0.1) is 0 Å². The van der Waals surface area contributed by atoms with Gasteiger partial charge >= 0.3 is 0 Å². The minimum absolute atomic E-state index is 0.108. The molecule has 32 heavy (non-hydrogen) atoms. The fourth-order valence-electron chi connectivity index (χ4n) is 3.97. The van der Waals surface area contributed by atoms with Crippen molar-refractivity contribution in [2.45, 2.75) is 71.0 Å². The molecule has 2 aromatic carbocycles. The fourth-order valence-corrected chi connectivity index (χ4v) is 4.48. The lowest BCUT2D eigenvalue weighted by Gasteiger charge is -2.29. The van der Waals surface area contributed by atoms with Crippen LogP contribution >= 0.6 is 15.9 Å². The Hall–Kier alpha value is -2.34. The predicted molar refractivity (Wildman–Crippen MR) is 131 cm³/mol. The number of nitrogens with zero attached hydrogens (tertiary/aromatic N) is 1. The number of hydrogen-bond acceptors (Lipinski definition) is 3. The van der Waals surface area contributed by atoms with Crippen LogP contribution in [0.3, 0.4) is 0 Å². The van der Waals surface area contributed by atoms with Crippen LogP contribution in [0.5, 0.6) is 5.75 Å². The minimum Gasteiger partial charge on any atom is -0.483 e. The standard InChI is InChI=1S/C26H33BrN2O3/c1-18(2)21-13-14-24(23(27)15-21)32-17-25(30)29(16-20-9-5-4-6-10-20)19(3)26(31)28-22-11-7-8-12-22/h4-6,9-10,13-15,18-19,22H,7-8,11-12,16-17H2,1-3H3,(H,28,31). The van der Waals surface area contributed by atoms with Gasteiger partial charge in [-0.1, -0.05) is 63.1 Å². The maximum absolute atomic E-state index is 13.2. The van der Waals surface area contributed by atoms with Gasteiger partial charge in [0, 0.05) is 12.6 Å². The first-order valence-corrected chi connectivity index (χ1v) is 12.2. The monoisotopic (exact) mass is 500 g/mol. The number of ether oxygens (including phenoxy) is 1. The molecule has 0 bridgehead atoms. The quantitative estimate of drug-likeness (QED) is 0.499. The molecule has 0 spiro atoms. The van der Waals surface area contributed by atoms with Crippen molar-refractivity contribution in [2.75, 3.05) is 6.61 Å². The van der Waals surface area contributed by atoms with Gasteiger partial charge in [-0.2, -0.15) is 0 Å². The Balaban J connectivity index is 1.70. The van der Waals surface area contributed by atoms with Crippen LogP contribution in [0.25, 0.3) is 0 Å². The maximum atomic E-state index is 13.2. The SMILES string of the molecule is CC(C)c1ccc(OCC(=O)N(Cc2ccccc2)C(C)C(=O)NC2CCCC2)c(Br)c1. The summed E-state index contributed by atoms with van der Waals surface area (Å²) in [5.74, 6) is 0.694. The van der Waals surface area contributed by atoms with Gasteiger partial charge in [-0.25, -0.2) is 0 Å². The van der Waals surface area contributed by atoms with Crippen molar-refractivity contribution in [3.05, 3.63) is 64.1 Å². The van der Waals surface area contributed by atoms with Crippen LogP contribution < -0.4 is 10.1 Å². The van der Waals surface area contributed by atoms with Gasteiger partial charge in [0.2, 0.25) is 5.91 Å². The van der Waals surface area contributed by atoms with Crippen LogP contribution in [0.1, 0.15) is 63.5 Å². The lowest BCUT2D eigenvalue weighted by atomic mass is 10.0.